The summed E-state index contributed by atoms with van der Waals surface area (Å²) < 4.78 is 13.6. The van der Waals surface area contributed by atoms with Gasteiger partial charge in [0.2, 0.25) is 0 Å². The standard InChI is InChI=1S/C10H8FNS2/c11-8-3-1-2-7(4-8)5-9-6-12-10(13)14-9/h1-4,6H,5H2,(H,12,13). The molecule has 0 saturated heterocycles. The van der Waals surface area contributed by atoms with E-state index in [1.54, 1.807) is 12.1 Å². The van der Waals surface area contributed by atoms with Crippen LogP contribution in [0, 0.1) is 9.77 Å². The van der Waals surface area contributed by atoms with Crippen molar-refractivity contribution >= 4 is 23.6 Å². The fourth-order valence-corrected chi connectivity index (χ4v) is 2.35. The Morgan fingerprint density at radius 2 is 2.29 bits per heavy atom. The minimum atomic E-state index is -0.193. The number of hydrogen-bond acceptors (Lipinski definition) is 2. The summed E-state index contributed by atoms with van der Waals surface area (Å²) in [6.07, 6.45) is 2.60. The topological polar surface area (TPSA) is 15.8 Å². The van der Waals surface area contributed by atoms with Crippen molar-refractivity contribution in [1.82, 2.24) is 4.98 Å². The number of aromatic nitrogens is 1. The van der Waals surface area contributed by atoms with E-state index in [2.05, 4.69) is 4.98 Å². The third-order valence-corrected chi connectivity index (χ3v) is 3.04. The maximum absolute atomic E-state index is 12.9. The highest BCUT2D eigenvalue weighted by Crippen LogP contribution is 2.15. The lowest BCUT2D eigenvalue weighted by Gasteiger charge is -1.97. The molecule has 0 bridgehead atoms. The first-order valence-electron chi connectivity index (χ1n) is 4.16. The zero-order chi connectivity index (χ0) is 9.97. The lowest BCUT2D eigenvalue weighted by Crippen LogP contribution is -1.85. The van der Waals surface area contributed by atoms with E-state index in [1.165, 1.54) is 17.4 Å². The molecule has 2 aromatic rings. The van der Waals surface area contributed by atoms with Crippen LogP contribution in [0.2, 0.25) is 0 Å². The summed E-state index contributed by atoms with van der Waals surface area (Å²) in [4.78, 5) is 4.07. The number of nitrogens with one attached hydrogen (secondary N) is 1. The molecule has 0 amide bonds. The van der Waals surface area contributed by atoms with E-state index in [1.807, 2.05) is 12.3 Å². The number of aromatic amines is 1. The SMILES string of the molecule is Fc1cccc(Cc2c[nH]c(=S)s2)c1. The first kappa shape index (κ1) is 9.55. The predicted octanol–water partition coefficient (Wildman–Crippen LogP) is 3.54. The van der Waals surface area contributed by atoms with Gasteiger partial charge in [0.05, 0.1) is 0 Å². The molecule has 0 aliphatic heterocycles. The van der Waals surface area contributed by atoms with Crippen molar-refractivity contribution in [3.05, 3.63) is 50.7 Å². The second-order valence-electron chi connectivity index (χ2n) is 2.95. The molecule has 1 aromatic carbocycles. The lowest BCUT2D eigenvalue weighted by atomic mass is 10.1. The van der Waals surface area contributed by atoms with Crippen LogP contribution in [0.25, 0.3) is 0 Å². The molecule has 1 N–H and O–H groups in total. The fourth-order valence-electron chi connectivity index (χ4n) is 1.25. The molecular formula is C10H8FNS2. The zero-order valence-electron chi connectivity index (χ0n) is 7.29. The summed E-state index contributed by atoms with van der Waals surface area (Å²) in [5, 5.41) is 0. The summed E-state index contributed by atoms with van der Waals surface area (Å²) in [6.45, 7) is 0. The maximum Gasteiger partial charge on any atom is 0.158 e. The highest BCUT2D eigenvalue weighted by atomic mass is 32.1. The Kier molecular flexibility index (Phi) is 2.74. The van der Waals surface area contributed by atoms with E-state index in [9.17, 15) is 4.39 Å². The summed E-state index contributed by atoms with van der Waals surface area (Å²) in [5.74, 6) is -0.193. The van der Waals surface area contributed by atoms with E-state index in [4.69, 9.17) is 12.2 Å². The molecule has 0 saturated carbocycles. The van der Waals surface area contributed by atoms with E-state index in [0.29, 0.717) is 0 Å². The molecule has 72 valence electrons. The molecule has 0 aliphatic rings. The molecule has 0 spiro atoms. The first-order chi connectivity index (χ1) is 6.74. The van der Waals surface area contributed by atoms with Crippen LogP contribution in [0.5, 0.6) is 0 Å². The van der Waals surface area contributed by atoms with Crippen molar-refractivity contribution in [2.75, 3.05) is 0 Å². The molecule has 0 atom stereocenters. The minimum absolute atomic E-state index is 0.193. The van der Waals surface area contributed by atoms with E-state index < -0.39 is 0 Å². The number of thiazole rings is 1. The third-order valence-electron chi connectivity index (χ3n) is 1.84. The van der Waals surface area contributed by atoms with Crippen molar-refractivity contribution in [1.29, 1.82) is 0 Å². The number of benzene rings is 1. The van der Waals surface area contributed by atoms with Crippen LogP contribution < -0.4 is 0 Å². The van der Waals surface area contributed by atoms with E-state index in [0.717, 1.165) is 20.8 Å². The van der Waals surface area contributed by atoms with Crippen LogP contribution in [0.15, 0.2) is 30.5 Å². The fraction of sp³-hybridized carbons (Fsp3) is 0.100. The Morgan fingerprint density at radius 1 is 1.43 bits per heavy atom. The second-order valence-corrected chi connectivity index (χ2v) is 4.75. The average Bonchev–Trinajstić information content (AvgIpc) is 2.51. The molecule has 4 heteroatoms. The van der Waals surface area contributed by atoms with Gasteiger partial charge in [-0.15, -0.1) is 11.3 Å². The van der Waals surface area contributed by atoms with Crippen molar-refractivity contribution in [2.24, 2.45) is 0 Å². The van der Waals surface area contributed by atoms with Crippen molar-refractivity contribution in [3.8, 4) is 0 Å². The third kappa shape index (κ3) is 2.27. The maximum atomic E-state index is 12.9. The summed E-state index contributed by atoms with van der Waals surface area (Å²) in [5.41, 5.74) is 0.968. The minimum Gasteiger partial charge on any atom is -0.343 e. The summed E-state index contributed by atoms with van der Waals surface area (Å²) in [7, 11) is 0. The molecular weight excluding hydrogens is 217 g/mol. The molecule has 0 fully saturated rings. The predicted molar refractivity (Wildman–Crippen MR) is 58.7 cm³/mol. The Bertz CT molecular complexity index is 487. The normalized spacial score (nSPS) is 10.4. The zero-order valence-corrected chi connectivity index (χ0v) is 8.92. The lowest BCUT2D eigenvalue weighted by molar-refractivity contribution is 0.626. The molecule has 1 heterocycles. The summed E-state index contributed by atoms with van der Waals surface area (Å²) in [6, 6.07) is 6.62. The van der Waals surface area contributed by atoms with Gasteiger partial charge in [-0.1, -0.05) is 12.1 Å². The van der Waals surface area contributed by atoms with Gasteiger partial charge in [-0.05, 0) is 29.9 Å². The molecule has 0 aliphatic carbocycles. The molecule has 1 aromatic heterocycles. The van der Waals surface area contributed by atoms with Gasteiger partial charge >= 0.3 is 0 Å². The van der Waals surface area contributed by atoms with Crippen molar-refractivity contribution in [3.63, 3.8) is 0 Å². The van der Waals surface area contributed by atoms with Gasteiger partial charge in [0, 0.05) is 17.5 Å². The highest BCUT2D eigenvalue weighted by molar-refractivity contribution is 7.73. The van der Waals surface area contributed by atoms with Crippen LogP contribution in [-0.4, -0.2) is 4.98 Å². The Balaban J connectivity index is 2.22. The molecule has 14 heavy (non-hydrogen) atoms. The van der Waals surface area contributed by atoms with Crippen LogP contribution in [-0.2, 0) is 6.42 Å². The highest BCUT2D eigenvalue weighted by Gasteiger charge is 1.99. The second kappa shape index (κ2) is 4.02. The van der Waals surface area contributed by atoms with Gasteiger partial charge in [0.25, 0.3) is 0 Å². The number of halogens is 1. The monoisotopic (exact) mass is 225 g/mol. The van der Waals surface area contributed by atoms with Gasteiger partial charge in [-0.2, -0.15) is 0 Å². The molecule has 2 rings (SSSR count). The number of H-pyrrole nitrogens is 1. The van der Waals surface area contributed by atoms with Crippen LogP contribution in [0.1, 0.15) is 10.4 Å². The molecule has 0 radical (unpaired) electrons. The number of rotatable bonds is 2. The Morgan fingerprint density at radius 3 is 2.93 bits per heavy atom. The van der Waals surface area contributed by atoms with Crippen molar-refractivity contribution in [2.45, 2.75) is 6.42 Å². The van der Waals surface area contributed by atoms with Gasteiger partial charge in [-0.3, -0.25) is 0 Å². The van der Waals surface area contributed by atoms with Crippen LogP contribution >= 0.6 is 23.6 Å². The van der Waals surface area contributed by atoms with Crippen molar-refractivity contribution < 1.29 is 4.39 Å². The summed E-state index contributed by atoms with van der Waals surface area (Å²) >= 11 is 6.49. The molecule has 0 unspecified atom stereocenters. The van der Waals surface area contributed by atoms with Crippen LogP contribution in [0.3, 0.4) is 0 Å². The van der Waals surface area contributed by atoms with Gasteiger partial charge in [-0.25, -0.2) is 4.39 Å². The quantitative estimate of drug-likeness (QED) is 0.773. The number of hydrogen-bond donors (Lipinski definition) is 1. The molecule has 1 nitrogen and oxygen atoms in total. The van der Waals surface area contributed by atoms with Gasteiger partial charge in [0.1, 0.15) is 5.82 Å². The smallest absolute Gasteiger partial charge is 0.158 e. The van der Waals surface area contributed by atoms with E-state index in [-0.39, 0.29) is 5.82 Å². The van der Waals surface area contributed by atoms with E-state index >= 15 is 0 Å². The van der Waals surface area contributed by atoms with Gasteiger partial charge in [0.15, 0.2) is 3.95 Å². The van der Waals surface area contributed by atoms with Crippen LogP contribution in [0.4, 0.5) is 4.39 Å². The first-order valence-corrected chi connectivity index (χ1v) is 5.38. The largest absolute Gasteiger partial charge is 0.343 e. The Labute approximate surface area is 90.2 Å². The average molecular weight is 225 g/mol. The Hall–Kier alpha value is -1.00. The van der Waals surface area contributed by atoms with Gasteiger partial charge < -0.3 is 4.98 Å².